The zero-order valence-electron chi connectivity index (χ0n) is 15.7. The van der Waals surface area contributed by atoms with Gasteiger partial charge < -0.3 is 14.8 Å². The van der Waals surface area contributed by atoms with Crippen molar-refractivity contribution in [1.29, 1.82) is 0 Å². The number of nitrogens with one attached hydrogen (secondary N) is 1. The largest absolute Gasteiger partial charge is 0.424 e. The lowest BCUT2D eigenvalue weighted by atomic mass is 10.1. The summed E-state index contributed by atoms with van der Waals surface area (Å²) >= 11 is 0. The van der Waals surface area contributed by atoms with Crippen LogP contribution in [0.5, 0.6) is 11.8 Å². The number of aromatic nitrogens is 2. The molecule has 0 aliphatic carbocycles. The van der Waals surface area contributed by atoms with Gasteiger partial charge in [0.25, 0.3) is 5.91 Å². The smallest absolute Gasteiger partial charge is 0.321 e. The molecule has 7 heteroatoms. The van der Waals surface area contributed by atoms with E-state index < -0.39 is 0 Å². The standard InChI is InChI=1S/C22H20FN3O3/c23-18-7-9-19(10-8-18)29-22-25-12-17(13-26-22)15-3-5-16(6-4-15)21(27)24-14-20-2-1-11-28-20/h3-10,12-13,20H,1-2,11,14H2,(H,24,27). The maximum atomic E-state index is 12.9. The molecule has 0 radical (unpaired) electrons. The van der Waals surface area contributed by atoms with Gasteiger partial charge in [0.1, 0.15) is 11.6 Å². The van der Waals surface area contributed by atoms with Crippen molar-refractivity contribution < 1.29 is 18.7 Å². The molecule has 0 bridgehead atoms. The van der Waals surface area contributed by atoms with Crippen LogP contribution >= 0.6 is 0 Å². The third-order valence-electron chi connectivity index (χ3n) is 4.65. The average molecular weight is 393 g/mol. The second-order valence-corrected chi connectivity index (χ2v) is 6.73. The topological polar surface area (TPSA) is 73.3 Å². The van der Waals surface area contributed by atoms with E-state index in [0.29, 0.717) is 17.9 Å². The number of ether oxygens (including phenoxy) is 2. The molecular weight excluding hydrogens is 373 g/mol. The predicted octanol–water partition coefficient (Wildman–Crippen LogP) is 3.98. The molecule has 0 saturated carbocycles. The molecule has 1 aliphatic rings. The van der Waals surface area contributed by atoms with Crippen LogP contribution in [0, 0.1) is 5.82 Å². The van der Waals surface area contributed by atoms with Crippen molar-refractivity contribution in [3.05, 3.63) is 72.3 Å². The zero-order valence-corrected chi connectivity index (χ0v) is 15.7. The van der Waals surface area contributed by atoms with Crippen LogP contribution in [0.4, 0.5) is 4.39 Å². The van der Waals surface area contributed by atoms with Crippen LogP contribution in [0.15, 0.2) is 60.9 Å². The van der Waals surface area contributed by atoms with Gasteiger partial charge in [-0.3, -0.25) is 4.79 Å². The zero-order chi connectivity index (χ0) is 20.1. The minimum absolute atomic E-state index is 0.117. The lowest BCUT2D eigenvalue weighted by Crippen LogP contribution is -2.31. The summed E-state index contributed by atoms with van der Waals surface area (Å²) in [4.78, 5) is 20.6. The van der Waals surface area contributed by atoms with E-state index in [0.717, 1.165) is 30.6 Å². The first-order valence-corrected chi connectivity index (χ1v) is 9.43. The summed E-state index contributed by atoms with van der Waals surface area (Å²) in [6, 6.07) is 13.0. The molecule has 1 N–H and O–H groups in total. The Hall–Kier alpha value is -3.32. The molecule has 1 fully saturated rings. The highest BCUT2D eigenvalue weighted by Gasteiger charge is 2.16. The van der Waals surface area contributed by atoms with Crippen molar-refractivity contribution in [3.8, 4) is 22.9 Å². The Morgan fingerprint density at radius 2 is 1.79 bits per heavy atom. The molecule has 2 aromatic carbocycles. The van der Waals surface area contributed by atoms with Gasteiger partial charge in [-0.15, -0.1) is 0 Å². The summed E-state index contributed by atoms with van der Waals surface area (Å²) in [7, 11) is 0. The van der Waals surface area contributed by atoms with Crippen LogP contribution in [-0.2, 0) is 4.74 Å². The van der Waals surface area contributed by atoms with Gasteiger partial charge in [-0.25, -0.2) is 14.4 Å². The van der Waals surface area contributed by atoms with E-state index in [2.05, 4.69) is 15.3 Å². The van der Waals surface area contributed by atoms with Crippen molar-refractivity contribution in [2.24, 2.45) is 0 Å². The Balaban J connectivity index is 1.36. The molecule has 29 heavy (non-hydrogen) atoms. The molecule has 148 valence electrons. The monoisotopic (exact) mass is 393 g/mol. The summed E-state index contributed by atoms with van der Waals surface area (Å²) in [5.74, 6) is 0.00137. The molecule has 1 saturated heterocycles. The molecule has 3 aromatic rings. The molecule has 1 amide bonds. The average Bonchev–Trinajstić information content (AvgIpc) is 3.28. The van der Waals surface area contributed by atoms with Gasteiger partial charge in [-0.05, 0) is 54.8 Å². The summed E-state index contributed by atoms with van der Waals surface area (Å²) in [6.07, 6.45) is 5.42. The first-order valence-electron chi connectivity index (χ1n) is 9.43. The molecule has 6 nitrogen and oxygen atoms in total. The number of rotatable bonds is 6. The molecule has 0 spiro atoms. The number of carbonyl (C=O) groups is 1. The first-order chi connectivity index (χ1) is 14.2. The van der Waals surface area contributed by atoms with E-state index in [1.807, 2.05) is 12.1 Å². The molecule has 1 aliphatic heterocycles. The SMILES string of the molecule is O=C(NCC1CCCO1)c1ccc(-c2cnc(Oc3ccc(F)cc3)nc2)cc1. The van der Waals surface area contributed by atoms with Crippen molar-refractivity contribution in [3.63, 3.8) is 0 Å². The molecule has 1 unspecified atom stereocenters. The minimum atomic E-state index is -0.336. The molecule has 1 atom stereocenters. The quantitative estimate of drug-likeness (QED) is 0.686. The number of halogens is 1. The van der Waals surface area contributed by atoms with E-state index in [1.165, 1.54) is 24.3 Å². The Morgan fingerprint density at radius 3 is 2.45 bits per heavy atom. The van der Waals surface area contributed by atoms with Gasteiger partial charge in [-0.1, -0.05) is 12.1 Å². The fraction of sp³-hybridized carbons (Fsp3) is 0.227. The van der Waals surface area contributed by atoms with Gasteiger partial charge in [-0.2, -0.15) is 0 Å². The van der Waals surface area contributed by atoms with E-state index in [9.17, 15) is 9.18 Å². The third kappa shape index (κ3) is 4.94. The lowest BCUT2D eigenvalue weighted by Gasteiger charge is -2.11. The Bertz CT molecular complexity index is 954. The number of hydrogen-bond acceptors (Lipinski definition) is 5. The van der Waals surface area contributed by atoms with Crippen LogP contribution in [-0.4, -0.2) is 35.1 Å². The maximum Gasteiger partial charge on any atom is 0.321 e. The van der Waals surface area contributed by atoms with Gasteiger partial charge in [0, 0.05) is 36.7 Å². The maximum absolute atomic E-state index is 12.9. The number of benzene rings is 2. The van der Waals surface area contributed by atoms with Gasteiger partial charge in [0.05, 0.1) is 6.10 Å². The van der Waals surface area contributed by atoms with Gasteiger partial charge >= 0.3 is 6.01 Å². The van der Waals surface area contributed by atoms with Crippen LogP contribution in [0.25, 0.3) is 11.1 Å². The van der Waals surface area contributed by atoms with Crippen LogP contribution in [0.3, 0.4) is 0 Å². The minimum Gasteiger partial charge on any atom is -0.424 e. The Labute approximate surface area is 167 Å². The summed E-state index contributed by atoms with van der Waals surface area (Å²) < 4.78 is 23.9. The van der Waals surface area contributed by atoms with Crippen molar-refractivity contribution in [2.45, 2.75) is 18.9 Å². The second kappa shape index (κ2) is 8.79. The third-order valence-corrected chi connectivity index (χ3v) is 4.65. The number of carbonyl (C=O) groups excluding carboxylic acids is 1. The second-order valence-electron chi connectivity index (χ2n) is 6.73. The van der Waals surface area contributed by atoms with Crippen LogP contribution in [0.2, 0.25) is 0 Å². The highest BCUT2D eigenvalue weighted by molar-refractivity contribution is 5.94. The van der Waals surface area contributed by atoms with E-state index >= 15 is 0 Å². The van der Waals surface area contributed by atoms with Gasteiger partial charge in [0.15, 0.2) is 0 Å². The van der Waals surface area contributed by atoms with Gasteiger partial charge in [0.2, 0.25) is 0 Å². The van der Waals surface area contributed by atoms with E-state index in [1.54, 1.807) is 24.5 Å². The highest BCUT2D eigenvalue weighted by atomic mass is 19.1. The summed E-state index contributed by atoms with van der Waals surface area (Å²) in [5.41, 5.74) is 2.26. The van der Waals surface area contributed by atoms with Crippen LogP contribution in [0.1, 0.15) is 23.2 Å². The van der Waals surface area contributed by atoms with Crippen molar-refractivity contribution in [1.82, 2.24) is 15.3 Å². The predicted molar refractivity (Wildman–Crippen MR) is 105 cm³/mol. The van der Waals surface area contributed by atoms with E-state index in [-0.39, 0.29) is 23.8 Å². The Morgan fingerprint density at radius 1 is 1.07 bits per heavy atom. The van der Waals surface area contributed by atoms with Crippen molar-refractivity contribution >= 4 is 5.91 Å². The lowest BCUT2D eigenvalue weighted by molar-refractivity contribution is 0.0858. The highest BCUT2D eigenvalue weighted by Crippen LogP contribution is 2.22. The normalized spacial score (nSPS) is 15.8. The van der Waals surface area contributed by atoms with Crippen molar-refractivity contribution in [2.75, 3.05) is 13.2 Å². The number of hydrogen-bond donors (Lipinski definition) is 1. The summed E-state index contributed by atoms with van der Waals surface area (Å²) in [6.45, 7) is 1.30. The van der Waals surface area contributed by atoms with Crippen LogP contribution < -0.4 is 10.1 Å². The molecule has 1 aromatic heterocycles. The summed E-state index contributed by atoms with van der Waals surface area (Å²) in [5, 5.41) is 2.91. The fourth-order valence-electron chi connectivity index (χ4n) is 3.05. The Kier molecular flexibility index (Phi) is 5.76. The molecule has 4 rings (SSSR count). The number of amides is 1. The molecular formula is C22H20FN3O3. The van der Waals surface area contributed by atoms with E-state index in [4.69, 9.17) is 9.47 Å². The fourth-order valence-corrected chi connectivity index (χ4v) is 3.05. The number of nitrogens with zero attached hydrogens (tertiary/aromatic N) is 2. The first kappa shape index (κ1) is 19.0. The molecule has 2 heterocycles.